The maximum Gasteiger partial charge on any atom is 0.408 e. The lowest BCUT2D eigenvalue weighted by atomic mass is 10.1. The Labute approximate surface area is 135 Å². The molecule has 0 saturated carbocycles. The van der Waals surface area contributed by atoms with Crippen LogP contribution in [-0.2, 0) is 25.4 Å². The summed E-state index contributed by atoms with van der Waals surface area (Å²) in [6.45, 7) is 3.89. The molecule has 1 amide bonds. The molecule has 1 fully saturated rings. The minimum atomic E-state index is -0.830. The first-order valence-corrected chi connectivity index (χ1v) is 7.54. The van der Waals surface area contributed by atoms with Gasteiger partial charge < -0.3 is 19.5 Å². The quantitative estimate of drug-likeness (QED) is 0.584. The monoisotopic (exact) mass is 319 g/mol. The van der Waals surface area contributed by atoms with Crippen LogP contribution in [0, 0.1) is 0 Å². The summed E-state index contributed by atoms with van der Waals surface area (Å²) in [5, 5.41) is 2.46. The molecule has 124 valence electrons. The Morgan fingerprint density at radius 1 is 1.39 bits per heavy atom. The fraction of sp³-hybridized carbons (Fsp3) is 0.412. The number of amides is 1. The van der Waals surface area contributed by atoms with Crippen LogP contribution in [0.15, 0.2) is 43.0 Å². The van der Waals surface area contributed by atoms with Gasteiger partial charge in [-0.25, -0.2) is 4.79 Å². The zero-order chi connectivity index (χ0) is 16.5. The van der Waals surface area contributed by atoms with Crippen molar-refractivity contribution in [3.8, 4) is 0 Å². The highest BCUT2D eigenvalue weighted by molar-refractivity contribution is 5.90. The van der Waals surface area contributed by atoms with E-state index in [2.05, 4.69) is 24.0 Å². The largest absolute Gasteiger partial charge is 0.445 e. The van der Waals surface area contributed by atoms with E-state index in [0.717, 1.165) is 12.8 Å². The predicted octanol–water partition coefficient (Wildman–Crippen LogP) is 1.84. The number of ether oxygens (including phenoxy) is 3. The molecule has 1 aliphatic heterocycles. The van der Waals surface area contributed by atoms with Gasteiger partial charge in [0.2, 0.25) is 0 Å². The normalized spacial score (nSPS) is 20.3. The van der Waals surface area contributed by atoms with Gasteiger partial charge in [0.05, 0.1) is 6.61 Å². The molecule has 1 N–H and O–H groups in total. The van der Waals surface area contributed by atoms with Gasteiger partial charge >= 0.3 is 6.09 Å². The molecule has 23 heavy (non-hydrogen) atoms. The molecule has 1 unspecified atom stereocenters. The van der Waals surface area contributed by atoms with E-state index >= 15 is 0 Å². The number of benzene rings is 1. The van der Waals surface area contributed by atoms with Gasteiger partial charge in [-0.1, -0.05) is 43.0 Å². The second-order valence-electron chi connectivity index (χ2n) is 5.11. The summed E-state index contributed by atoms with van der Waals surface area (Å²) < 4.78 is 15.7. The van der Waals surface area contributed by atoms with Gasteiger partial charge in [0.1, 0.15) is 19.3 Å². The van der Waals surface area contributed by atoms with Gasteiger partial charge in [-0.3, -0.25) is 4.79 Å². The maximum absolute atomic E-state index is 11.8. The lowest BCUT2D eigenvalue weighted by Gasteiger charge is -2.18. The van der Waals surface area contributed by atoms with Gasteiger partial charge in [0, 0.05) is 0 Å². The van der Waals surface area contributed by atoms with Crippen molar-refractivity contribution in [2.45, 2.75) is 25.2 Å². The van der Waals surface area contributed by atoms with Gasteiger partial charge in [0.15, 0.2) is 12.1 Å². The summed E-state index contributed by atoms with van der Waals surface area (Å²) in [4.78, 5) is 23.3. The SMILES string of the molecule is C=CCOC(=O)NC1C(=O)CO[C@@H]1OCCCc1ccccc1. The van der Waals surface area contributed by atoms with E-state index in [-0.39, 0.29) is 19.0 Å². The number of ketones is 1. The summed E-state index contributed by atoms with van der Waals surface area (Å²) in [5.41, 5.74) is 1.22. The number of Topliss-reactive ketones (excluding diaryl/α,β-unsaturated/α-hetero) is 1. The number of alkyl carbamates (subject to hydrolysis) is 1. The van der Waals surface area contributed by atoms with Gasteiger partial charge in [-0.15, -0.1) is 0 Å². The van der Waals surface area contributed by atoms with E-state index in [1.165, 1.54) is 11.6 Å². The number of carbonyl (C=O) groups is 2. The van der Waals surface area contributed by atoms with Crippen LogP contribution in [0.5, 0.6) is 0 Å². The van der Waals surface area contributed by atoms with Crippen molar-refractivity contribution in [2.75, 3.05) is 19.8 Å². The van der Waals surface area contributed by atoms with Gasteiger partial charge in [-0.05, 0) is 18.4 Å². The fourth-order valence-electron chi connectivity index (χ4n) is 2.22. The minimum absolute atomic E-state index is 0.0737. The van der Waals surface area contributed by atoms with Crippen molar-refractivity contribution in [1.82, 2.24) is 5.32 Å². The topological polar surface area (TPSA) is 73.9 Å². The number of hydrogen-bond acceptors (Lipinski definition) is 5. The van der Waals surface area contributed by atoms with Crippen molar-refractivity contribution >= 4 is 11.9 Å². The molecule has 1 saturated heterocycles. The molecule has 0 aromatic heterocycles. The third-order valence-corrected chi connectivity index (χ3v) is 3.35. The first-order chi connectivity index (χ1) is 11.2. The highest BCUT2D eigenvalue weighted by atomic mass is 16.7. The van der Waals surface area contributed by atoms with Crippen molar-refractivity contribution < 1.29 is 23.8 Å². The van der Waals surface area contributed by atoms with Crippen LogP contribution < -0.4 is 5.32 Å². The molecule has 2 rings (SSSR count). The molecule has 6 heteroatoms. The number of nitrogens with one attached hydrogen (secondary N) is 1. The van der Waals surface area contributed by atoms with Crippen LogP contribution in [0.1, 0.15) is 12.0 Å². The van der Waals surface area contributed by atoms with E-state index in [4.69, 9.17) is 14.2 Å². The van der Waals surface area contributed by atoms with Crippen LogP contribution in [0.25, 0.3) is 0 Å². The predicted molar refractivity (Wildman–Crippen MR) is 83.9 cm³/mol. The lowest BCUT2D eigenvalue weighted by molar-refractivity contribution is -0.121. The summed E-state index contributed by atoms with van der Waals surface area (Å²) in [6.07, 6.45) is 1.66. The smallest absolute Gasteiger partial charge is 0.408 e. The van der Waals surface area contributed by atoms with Crippen molar-refractivity contribution in [3.63, 3.8) is 0 Å². The average molecular weight is 319 g/mol. The number of rotatable bonds is 8. The Bertz CT molecular complexity index is 531. The maximum atomic E-state index is 11.8. The lowest BCUT2D eigenvalue weighted by Crippen LogP contribution is -2.46. The Kier molecular flexibility index (Phi) is 6.77. The summed E-state index contributed by atoms with van der Waals surface area (Å²) in [7, 11) is 0. The summed E-state index contributed by atoms with van der Waals surface area (Å²) in [5.74, 6) is -0.228. The van der Waals surface area contributed by atoms with Crippen molar-refractivity contribution in [2.24, 2.45) is 0 Å². The Balaban J connectivity index is 1.73. The van der Waals surface area contributed by atoms with E-state index in [0.29, 0.717) is 6.61 Å². The molecule has 0 aliphatic carbocycles. The van der Waals surface area contributed by atoms with Crippen LogP contribution >= 0.6 is 0 Å². The fourth-order valence-corrected chi connectivity index (χ4v) is 2.22. The Morgan fingerprint density at radius 3 is 2.91 bits per heavy atom. The highest BCUT2D eigenvalue weighted by Crippen LogP contribution is 2.13. The summed E-state index contributed by atoms with van der Waals surface area (Å²) >= 11 is 0. The first kappa shape index (κ1) is 17.2. The third-order valence-electron chi connectivity index (χ3n) is 3.35. The van der Waals surface area contributed by atoms with E-state index in [9.17, 15) is 9.59 Å². The number of carbonyl (C=O) groups excluding carboxylic acids is 2. The molecule has 0 spiro atoms. The third kappa shape index (κ3) is 5.50. The molecule has 1 heterocycles. The molecular formula is C17H21NO5. The summed E-state index contributed by atoms with van der Waals surface area (Å²) in [6, 6.07) is 9.22. The van der Waals surface area contributed by atoms with Crippen LogP contribution in [0.2, 0.25) is 0 Å². The molecule has 0 radical (unpaired) electrons. The zero-order valence-corrected chi connectivity index (χ0v) is 12.9. The molecule has 0 bridgehead atoms. The van der Waals surface area contributed by atoms with E-state index in [1.807, 2.05) is 18.2 Å². The first-order valence-electron chi connectivity index (χ1n) is 7.54. The zero-order valence-electron chi connectivity index (χ0n) is 12.9. The van der Waals surface area contributed by atoms with Gasteiger partial charge in [-0.2, -0.15) is 0 Å². The molecule has 1 aliphatic rings. The van der Waals surface area contributed by atoms with E-state index < -0.39 is 18.4 Å². The molecule has 6 nitrogen and oxygen atoms in total. The van der Waals surface area contributed by atoms with Gasteiger partial charge in [0.25, 0.3) is 0 Å². The highest BCUT2D eigenvalue weighted by Gasteiger charge is 2.38. The number of aryl methyl sites for hydroxylation is 1. The van der Waals surface area contributed by atoms with Crippen LogP contribution in [-0.4, -0.2) is 44.0 Å². The number of hydrogen-bond donors (Lipinski definition) is 1. The molecule has 1 aromatic carbocycles. The van der Waals surface area contributed by atoms with Crippen molar-refractivity contribution in [3.05, 3.63) is 48.6 Å². The minimum Gasteiger partial charge on any atom is -0.445 e. The average Bonchev–Trinajstić information content (AvgIpc) is 2.91. The van der Waals surface area contributed by atoms with E-state index in [1.54, 1.807) is 0 Å². The van der Waals surface area contributed by atoms with Crippen molar-refractivity contribution in [1.29, 1.82) is 0 Å². The standard InChI is InChI=1S/C17H21NO5/c1-2-10-22-17(20)18-15-14(19)12-23-16(15)21-11-6-9-13-7-4-3-5-8-13/h2-5,7-8,15-16H,1,6,9-12H2,(H,18,20)/t15?,16-/m0/s1. The molecular weight excluding hydrogens is 298 g/mol. The Hall–Kier alpha value is -2.18. The second kappa shape index (κ2) is 9.07. The van der Waals surface area contributed by atoms with Crippen LogP contribution in [0.4, 0.5) is 4.79 Å². The Morgan fingerprint density at radius 2 is 2.17 bits per heavy atom. The molecule has 2 atom stereocenters. The van der Waals surface area contributed by atoms with Crippen LogP contribution in [0.3, 0.4) is 0 Å². The molecule has 1 aromatic rings. The second-order valence-corrected chi connectivity index (χ2v) is 5.11.